The van der Waals surface area contributed by atoms with Crippen LogP contribution in [-0.4, -0.2) is 31.3 Å². The Hall–Kier alpha value is -1.96. The first-order valence-corrected chi connectivity index (χ1v) is 7.07. The normalized spacial score (nSPS) is 14.0. The molecule has 23 heavy (non-hydrogen) atoms. The lowest BCUT2D eigenvalue weighted by molar-refractivity contribution is -0.153. The van der Waals surface area contributed by atoms with E-state index in [0.717, 1.165) is 6.42 Å². The van der Waals surface area contributed by atoms with E-state index < -0.39 is 24.2 Å². The molecule has 3 N–H and O–H groups in total. The molecule has 0 aliphatic rings. The first-order chi connectivity index (χ1) is 10.6. The molecule has 0 aromatic heterocycles. The molecule has 0 heterocycles. The quantitative estimate of drug-likeness (QED) is 0.804. The molecule has 0 aliphatic heterocycles. The number of nitrogens with two attached hydrogens (primary N) is 1. The first-order valence-electron chi connectivity index (χ1n) is 7.07. The second-order valence-corrected chi connectivity index (χ2v) is 5.39. The van der Waals surface area contributed by atoms with Crippen LogP contribution in [0.25, 0.3) is 0 Å². The van der Waals surface area contributed by atoms with Crippen molar-refractivity contribution in [2.24, 2.45) is 5.73 Å². The molecule has 1 aromatic rings. The summed E-state index contributed by atoms with van der Waals surface area (Å²) in [5.74, 6) is -0.403. The van der Waals surface area contributed by atoms with Crippen molar-refractivity contribution < 1.29 is 27.4 Å². The third-order valence-corrected chi connectivity index (χ3v) is 3.10. The van der Waals surface area contributed by atoms with Gasteiger partial charge in [0.05, 0.1) is 12.6 Å². The average molecular weight is 334 g/mol. The fourth-order valence-corrected chi connectivity index (χ4v) is 1.93. The molecule has 1 unspecified atom stereocenters. The molecule has 1 rings (SSSR count). The Labute approximate surface area is 132 Å². The van der Waals surface area contributed by atoms with Crippen molar-refractivity contribution in [3.63, 3.8) is 0 Å². The summed E-state index contributed by atoms with van der Waals surface area (Å²) in [6.45, 7) is 2.04. The molecule has 1 atom stereocenters. The lowest BCUT2D eigenvalue weighted by atomic mass is 9.96. The summed E-state index contributed by atoms with van der Waals surface area (Å²) in [6.07, 6.45) is -3.27. The second kappa shape index (κ2) is 7.54. The largest absolute Gasteiger partial charge is 0.493 e. The minimum atomic E-state index is -4.47. The molecule has 1 amide bonds. The van der Waals surface area contributed by atoms with Gasteiger partial charge < -0.3 is 20.5 Å². The zero-order chi connectivity index (χ0) is 17.7. The van der Waals surface area contributed by atoms with Crippen molar-refractivity contribution in [1.29, 1.82) is 0 Å². The summed E-state index contributed by atoms with van der Waals surface area (Å²) >= 11 is 0. The molecule has 0 saturated heterocycles. The van der Waals surface area contributed by atoms with Gasteiger partial charge in [-0.15, -0.1) is 0 Å². The maximum Gasteiger partial charge on any atom is 0.422 e. The minimum absolute atomic E-state index is 0.114. The number of nitrogens with one attached hydrogen (secondary N) is 1. The Morgan fingerprint density at radius 1 is 1.30 bits per heavy atom. The van der Waals surface area contributed by atoms with Crippen LogP contribution in [0.1, 0.15) is 26.7 Å². The van der Waals surface area contributed by atoms with E-state index in [1.165, 1.54) is 25.3 Å². The van der Waals surface area contributed by atoms with Gasteiger partial charge in [0.1, 0.15) is 0 Å². The zero-order valence-corrected chi connectivity index (χ0v) is 13.3. The molecule has 0 saturated carbocycles. The third kappa shape index (κ3) is 5.97. The molecule has 130 valence electrons. The maximum atomic E-state index is 12.3. The smallest absolute Gasteiger partial charge is 0.422 e. The van der Waals surface area contributed by atoms with Crippen LogP contribution in [0.5, 0.6) is 11.5 Å². The van der Waals surface area contributed by atoms with Gasteiger partial charge in [-0.25, -0.2) is 0 Å². The second-order valence-electron chi connectivity index (χ2n) is 5.39. The van der Waals surface area contributed by atoms with Gasteiger partial charge in [-0.3, -0.25) is 4.79 Å². The van der Waals surface area contributed by atoms with Crippen molar-refractivity contribution in [3.05, 3.63) is 18.2 Å². The summed E-state index contributed by atoms with van der Waals surface area (Å²) in [7, 11) is 1.31. The number of anilines is 1. The summed E-state index contributed by atoms with van der Waals surface area (Å²) in [6, 6.07) is 4.18. The zero-order valence-electron chi connectivity index (χ0n) is 13.3. The monoisotopic (exact) mass is 334 g/mol. The Balaban J connectivity index is 2.90. The standard InChI is InChI=1S/C15H21F3N2O3/c1-4-7-14(2,19)13(21)20-10-5-6-11(22-3)12(8-10)23-9-15(16,17)18/h5-6,8H,4,7,9,19H2,1-3H3,(H,20,21). The highest BCUT2D eigenvalue weighted by molar-refractivity contribution is 5.97. The van der Waals surface area contributed by atoms with Crippen molar-refractivity contribution in [2.75, 3.05) is 19.0 Å². The number of alkyl halides is 3. The number of ether oxygens (including phenoxy) is 2. The topological polar surface area (TPSA) is 73.6 Å². The van der Waals surface area contributed by atoms with Crippen LogP contribution in [0, 0.1) is 0 Å². The van der Waals surface area contributed by atoms with E-state index in [9.17, 15) is 18.0 Å². The highest BCUT2D eigenvalue weighted by atomic mass is 19.4. The van der Waals surface area contributed by atoms with E-state index in [1.54, 1.807) is 6.92 Å². The van der Waals surface area contributed by atoms with Gasteiger partial charge in [0.25, 0.3) is 0 Å². The van der Waals surface area contributed by atoms with Crippen LogP contribution in [-0.2, 0) is 4.79 Å². The van der Waals surface area contributed by atoms with Gasteiger partial charge in [0.2, 0.25) is 5.91 Å². The first kappa shape index (κ1) is 19.1. The maximum absolute atomic E-state index is 12.3. The highest BCUT2D eigenvalue weighted by Gasteiger charge is 2.30. The van der Waals surface area contributed by atoms with Gasteiger partial charge >= 0.3 is 6.18 Å². The van der Waals surface area contributed by atoms with Gasteiger partial charge in [0, 0.05) is 11.8 Å². The van der Waals surface area contributed by atoms with E-state index in [2.05, 4.69) is 5.32 Å². The molecule has 0 radical (unpaired) electrons. The summed E-state index contributed by atoms with van der Waals surface area (Å²) in [4.78, 5) is 12.1. The third-order valence-electron chi connectivity index (χ3n) is 3.10. The number of methoxy groups -OCH3 is 1. The van der Waals surface area contributed by atoms with Crippen molar-refractivity contribution >= 4 is 11.6 Å². The summed E-state index contributed by atoms with van der Waals surface area (Å²) in [5.41, 5.74) is 5.12. The number of benzene rings is 1. The number of carbonyl (C=O) groups is 1. The van der Waals surface area contributed by atoms with Crippen LogP contribution >= 0.6 is 0 Å². The van der Waals surface area contributed by atoms with Crippen molar-refractivity contribution in [3.8, 4) is 11.5 Å². The lowest BCUT2D eigenvalue weighted by Crippen LogP contribution is -2.48. The Bertz CT molecular complexity index is 545. The van der Waals surface area contributed by atoms with Gasteiger partial charge in [-0.2, -0.15) is 13.2 Å². The molecule has 0 aliphatic carbocycles. The number of halogens is 3. The lowest BCUT2D eigenvalue weighted by Gasteiger charge is -2.23. The fourth-order valence-electron chi connectivity index (χ4n) is 1.93. The summed E-state index contributed by atoms with van der Waals surface area (Å²) in [5, 5.41) is 2.58. The van der Waals surface area contributed by atoms with E-state index in [4.69, 9.17) is 15.2 Å². The minimum Gasteiger partial charge on any atom is -0.493 e. The average Bonchev–Trinajstić information content (AvgIpc) is 2.44. The Morgan fingerprint density at radius 3 is 2.48 bits per heavy atom. The van der Waals surface area contributed by atoms with Crippen LogP contribution < -0.4 is 20.5 Å². The molecule has 5 nitrogen and oxygen atoms in total. The molecule has 0 spiro atoms. The van der Waals surface area contributed by atoms with E-state index in [0.29, 0.717) is 6.42 Å². The highest BCUT2D eigenvalue weighted by Crippen LogP contribution is 2.32. The number of hydrogen-bond acceptors (Lipinski definition) is 4. The summed E-state index contributed by atoms with van der Waals surface area (Å²) < 4.78 is 46.5. The predicted octanol–water partition coefficient (Wildman–Crippen LogP) is 3.09. The molecular weight excluding hydrogens is 313 g/mol. The van der Waals surface area contributed by atoms with Crippen molar-refractivity contribution in [1.82, 2.24) is 0 Å². The number of carbonyl (C=O) groups excluding carboxylic acids is 1. The van der Waals surface area contributed by atoms with E-state index in [1.807, 2.05) is 6.92 Å². The van der Waals surface area contributed by atoms with Crippen molar-refractivity contribution in [2.45, 2.75) is 38.4 Å². The van der Waals surface area contributed by atoms with Crippen LogP contribution in [0.3, 0.4) is 0 Å². The van der Waals surface area contributed by atoms with Gasteiger partial charge in [-0.1, -0.05) is 13.3 Å². The number of amides is 1. The van der Waals surface area contributed by atoms with Crippen LogP contribution in [0.4, 0.5) is 18.9 Å². The Kier molecular flexibility index (Phi) is 6.26. The molecule has 1 aromatic carbocycles. The molecular formula is C15H21F3N2O3. The molecule has 0 fully saturated rings. The van der Waals surface area contributed by atoms with Gasteiger partial charge in [0.15, 0.2) is 18.1 Å². The fraction of sp³-hybridized carbons (Fsp3) is 0.533. The SMILES string of the molecule is CCCC(C)(N)C(=O)Nc1ccc(OC)c(OCC(F)(F)F)c1. The number of rotatable bonds is 7. The molecule has 0 bridgehead atoms. The van der Waals surface area contributed by atoms with Crippen LogP contribution in [0.2, 0.25) is 0 Å². The number of hydrogen-bond donors (Lipinski definition) is 2. The van der Waals surface area contributed by atoms with E-state index in [-0.39, 0.29) is 17.2 Å². The van der Waals surface area contributed by atoms with E-state index >= 15 is 0 Å². The predicted molar refractivity (Wildman–Crippen MR) is 80.7 cm³/mol. The van der Waals surface area contributed by atoms with Gasteiger partial charge in [-0.05, 0) is 25.5 Å². The Morgan fingerprint density at radius 2 is 1.96 bits per heavy atom. The van der Waals surface area contributed by atoms with Crippen LogP contribution in [0.15, 0.2) is 18.2 Å². The molecule has 8 heteroatoms.